The van der Waals surface area contributed by atoms with Crippen molar-refractivity contribution in [3.8, 4) is 5.75 Å². The fourth-order valence-corrected chi connectivity index (χ4v) is 11.5. The maximum Gasteiger partial charge on any atom is 0.301 e. The summed E-state index contributed by atoms with van der Waals surface area (Å²) in [6.45, 7) is 1.87. The number of carbonyl (C=O) groups excluding carboxylic acids is 2. The summed E-state index contributed by atoms with van der Waals surface area (Å²) in [5, 5.41) is 15.7. The van der Waals surface area contributed by atoms with Crippen molar-refractivity contribution in [2.24, 2.45) is 25.9 Å². The Kier molecular flexibility index (Phi) is 9.90. The molecule has 1 unspecified atom stereocenters. The lowest BCUT2D eigenvalue weighted by Gasteiger charge is -2.42. The summed E-state index contributed by atoms with van der Waals surface area (Å²) in [7, 11) is 3.58. The van der Waals surface area contributed by atoms with Gasteiger partial charge in [-0.1, -0.05) is 29.8 Å². The van der Waals surface area contributed by atoms with Crippen LogP contribution in [0.3, 0.4) is 0 Å². The molecule has 5 aliphatic heterocycles. The van der Waals surface area contributed by atoms with E-state index in [9.17, 15) is 14.4 Å². The van der Waals surface area contributed by atoms with Gasteiger partial charge in [-0.05, 0) is 99.3 Å². The number of para-hydroxylation sites is 1. The topological polar surface area (TPSA) is 152 Å². The van der Waals surface area contributed by atoms with E-state index >= 15 is 8.78 Å². The van der Waals surface area contributed by atoms with Crippen LogP contribution in [-0.2, 0) is 23.7 Å². The summed E-state index contributed by atoms with van der Waals surface area (Å²) in [6.07, 6.45) is 10.5. The van der Waals surface area contributed by atoms with Crippen molar-refractivity contribution in [2.75, 3.05) is 41.8 Å². The Morgan fingerprint density at radius 3 is 2.49 bits per heavy atom. The molecule has 4 atom stereocenters. The molecule has 2 amide bonds. The van der Waals surface area contributed by atoms with Crippen LogP contribution in [0.5, 0.6) is 5.75 Å². The Bertz CT molecular complexity index is 2720. The molecular formula is C46H51ClF2N10O4. The van der Waals surface area contributed by atoms with Crippen LogP contribution >= 0.6 is 11.6 Å². The number of pyridine rings is 1. The fourth-order valence-electron chi connectivity index (χ4n) is 11.4. The zero-order chi connectivity index (χ0) is 43.3. The lowest BCUT2D eigenvalue weighted by Crippen LogP contribution is -2.47. The molecule has 5 fully saturated rings. The molecule has 63 heavy (non-hydrogen) atoms. The van der Waals surface area contributed by atoms with E-state index in [0.717, 1.165) is 61.9 Å². The number of rotatable bonds is 8. The Morgan fingerprint density at radius 1 is 0.968 bits per heavy atom. The Balaban J connectivity index is 0.754. The molecule has 5 aromatic rings. The minimum atomic E-state index is -3.13. The van der Waals surface area contributed by atoms with E-state index in [1.807, 2.05) is 23.9 Å². The van der Waals surface area contributed by atoms with Gasteiger partial charge in [0.1, 0.15) is 5.02 Å². The summed E-state index contributed by atoms with van der Waals surface area (Å²) < 4.78 is 39.3. The number of fused-ring (bicyclic) bond motifs is 6. The number of aromatic nitrogens is 5. The second kappa shape index (κ2) is 15.4. The highest BCUT2D eigenvalue weighted by Crippen LogP contribution is 2.48. The van der Waals surface area contributed by atoms with Crippen molar-refractivity contribution in [2.45, 2.75) is 100 Å². The molecule has 8 heterocycles. The zero-order valence-corrected chi connectivity index (χ0v) is 36.1. The van der Waals surface area contributed by atoms with Crippen LogP contribution in [0.25, 0.3) is 21.8 Å². The lowest BCUT2D eigenvalue weighted by atomic mass is 9.82. The molecule has 4 saturated heterocycles. The van der Waals surface area contributed by atoms with Gasteiger partial charge in [0, 0.05) is 68.7 Å². The molecule has 14 nitrogen and oxygen atoms in total. The minimum absolute atomic E-state index is 0.102. The highest BCUT2D eigenvalue weighted by molar-refractivity contribution is 6.33. The number of benzene rings is 2. The Hall–Kier alpha value is -5.35. The third kappa shape index (κ3) is 7.17. The van der Waals surface area contributed by atoms with Crippen LogP contribution in [0.1, 0.15) is 87.3 Å². The van der Waals surface area contributed by atoms with Gasteiger partial charge < -0.3 is 24.8 Å². The van der Waals surface area contributed by atoms with Gasteiger partial charge in [0.15, 0.2) is 12.4 Å². The van der Waals surface area contributed by atoms with Gasteiger partial charge in [-0.2, -0.15) is 10.1 Å². The van der Waals surface area contributed by atoms with Gasteiger partial charge in [0.25, 0.3) is 5.56 Å². The van der Waals surface area contributed by atoms with Crippen molar-refractivity contribution >= 4 is 68.4 Å². The number of halogens is 3. The second-order valence-corrected chi connectivity index (χ2v) is 19.1. The first-order chi connectivity index (χ1) is 30.4. The number of nitrogens with zero attached hydrogens (tertiary/aromatic N) is 7. The van der Waals surface area contributed by atoms with Crippen molar-refractivity contribution in [3.63, 3.8) is 0 Å². The average Bonchev–Trinajstić information content (AvgIpc) is 4.04. The van der Waals surface area contributed by atoms with Gasteiger partial charge >= 0.3 is 5.92 Å². The highest BCUT2D eigenvalue weighted by atomic mass is 35.5. The molecule has 3 N–H and O–H groups in total. The predicted octanol–water partition coefficient (Wildman–Crippen LogP) is 6.98. The third-order valence-electron chi connectivity index (χ3n) is 14.8. The molecule has 11 rings (SSSR count). The first kappa shape index (κ1) is 40.4. The fraction of sp³-hybridized carbons (Fsp3) is 0.522. The van der Waals surface area contributed by atoms with Crippen LogP contribution in [0.4, 0.5) is 31.9 Å². The monoisotopic (exact) mass is 880 g/mol. The first-order valence-electron chi connectivity index (χ1n) is 22.4. The summed E-state index contributed by atoms with van der Waals surface area (Å²) in [4.78, 5) is 52.4. The summed E-state index contributed by atoms with van der Waals surface area (Å²) >= 11 is 6.67. The van der Waals surface area contributed by atoms with Gasteiger partial charge in [-0.3, -0.25) is 29.3 Å². The van der Waals surface area contributed by atoms with Crippen LogP contribution < -0.4 is 31.1 Å². The number of hydrogen-bond acceptors (Lipinski definition) is 11. The number of nitrogens with one attached hydrogen (secondary N) is 3. The SMILES string of the molecule is Cn1nc(C2CCC(=O)NC2=O)c2cccc(C3C[C@@H]4CC[C@@H](C3)N4CC3CCN(c4ncc(Cl)c(Nc5ccc6c(c5)c5c(c(=O)n6C)OCC(F)(F)[C@H](C6CC6)N5)n4)CC3)c21. The van der Waals surface area contributed by atoms with Crippen LogP contribution in [0, 0.1) is 11.8 Å². The van der Waals surface area contributed by atoms with Gasteiger partial charge in [0.05, 0.1) is 40.6 Å². The number of ether oxygens (including phenoxy) is 1. The molecule has 330 valence electrons. The van der Waals surface area contributed by atoms with E-state index in [2.05, 4.69) is 48.9 Å². The van der Waals surface area contributed by atoms with Crippen molar-refractivity contribution < 1.29 is 23.1 Å². The maximum atomic E-state index is 15.2. The van der Waals surface area contributed by atoms with Gasteiger partial charge in [0.2, 0.25) is 23.5 Å². The largest absolute Gasteiger partial charge is 0.480 e. The zero-order valence-electron chi connectivity index (χ0n) is 35.4. The number of anilines is 4. The number of alkyl halides is 2. The number of aryl methyl sites for hydroxylation is 2. The average molecular weight is 881 g/mol. The summed E-state index contributed by atoms with van der Waals surface area (Å²) in [6, 6.07) is 11.8. The van der Waals surface area contributed by atoms with E-state index < -0.39 is 30.0 Å². The predicted molar refractivity (Wildman–Crippen MR) is 236 cm³/mol. The molecule has 17 heteroatoms. The minimum Gasteiger partial charge on any atom is -0.480 e. The van der Waals surface area contributed by atoms with E-state index in [1.165, 1.54) is 23.0 Å². The van der Waals surface area contributed by atoms with Gasteiger partial charge in [-0.15, -0.1) is 0 Å². The molecule has 1 saturated carbocycles. The van der Waals surface area contributed by atoms with Crippen LogP contribution in [0.2, 0.25) is 5.02 Å². The number of piperidine rings is 3. The molecule has 1 aliphatic carbocycles. The van der Waals surface area contributed by atoms with E-state index in [0.29, 0.717) is 83.0 Å². The van der Waals surface area contributed by atoms with Crippen molar-refractivity contribution in [1.82, 2.24) is 34.5 Å². The summed E-state index contributed by atoms with van der Waals surface area (Å²) in [5.41, 5.74) is 4.20. The van der Waals surface area contributed by atoms with Crippen LogP contribution in [0.15, 0.2) is 47.4 Å². The molecular weight excluding hydrogens is 830 g/mol. The molecule has 0 radical (unpaired) electrons. The standard InChI is InChI=1S/C46H51ClF2N10O4/c1-56-35-12-8-27(20-33(35)38-40(44(56)62)63-23-46(48,49)41(53-38)25-6-7-25)51-42-34(47)21-50-45(54-42)58-16-14-24(15-17-58)22-59-28-9-10-29(59)19-26(18-28)30-4-3-5-31-37(55-57(2)39(30)31)32-11-13-36(60)52-43(32)61/h3-5,8,12,20-21,24-26,28-29,32,41,53H,6-7,9-11,13-19,22-23H2,1-2H3,(H,50,51,54)(H,52,60,61)/t28-,29-,32?,41-/m0/s1. The van der Waals surface area contributed by atoms with Gasteiger partial charge in [-0.25, -0.2) is 13.8 Å². The first-order valence-corrected chi connectivity index (χ1v) is 22.8. The molecule has 6 aliphatic rings. The summed E-state index contributed by atoms with van der Waals surface area (Å²) in [5.74, 6) is -2.31. The van der Waals surface area contributed by atoms with Crippen molar-refractivity contribution in [3.05, 3.63) is 69.2 Å². The molecule has 2 aromatic carbocycles. The highest BCUT2D eigenvalue weighted by Gasteiger charge is 2.51. The number of hydrogen-bond donors (Lipinski definition) is 3. The second-order valence-electron chi connectivity index (χ2n) is 18.7. The quantitative estimate of drug-likeness (QED) is 0.139. The lowest BCUT2D eigenvalue weighted by molar-refractivity contribution is -0.134. The maximum absolute atomic E-state index is 15.2. The smallest absolute Gasteiger partial charge is 0.301 e. The Labute approximate surface area is 367 Å². The number of imide groups is 1. The van der Waals surface area contributed by atoms with Crippen LogP contribution in [-0.4, -0.2) is 91.3 Å². The normalized spacial score (nSPS) is 26.3. The van der Waals surface area contributed by atoms with E-state index in [-0.39, 0.29) is 29.2 Å². The number of amides is 2. The molecule has 2 bridgehead atoms. The van der Waals surface area contributed by atoms with Crippen molar-refractivity contribution in [1.29, 1.82) is 0 Å². The molecule has 3 aromatic heterocycles. The Morgan fingerprint density at radius 2 is 1.75 bits per heavy atom. The molecule has 0 spiro atoms. The van der Waals surface area contributed by atoms with E-state index in [1.54, 1.807) is 19.3 Å². The van der Waals surface area contributed by atoms with E-state index in [4.69, 9.17) is 26.4 Å². The third-order valence-corrected chi connectivity index (χ3v) is 15.1. The number of carbonyl (C=O) groups is 2.